The third-order valence-electron chi connectivity index (χ3n) is 4.49. The van der Waals surface area contributed by atoms with Crippen LogP contribution in [0.2, 0.25) is 0 Å². The molecule has 1 aliphatic heterocycles. The third-order valence-corrected chi connectivity index (χ3v) is 4.49. The molecule has 1 amide bonds. The van der Waals surface area contributed by atoms with Gasteiger partial charge in [-0.3, -0.25) is 19.4 Å². The molecule has 118 valence electrons. The number of hydrogen-bond acceptors (Lipinski definition) is 4. The van der Waals surface area contributed by atoms with Crippen molar-refractivity contribution in [2.24, 2.45) is 0 Å². The number of rotatable bonds is 5. The van der Waals surface area contributed by atoms with E-state index in [-0.39, 0.29) is 5.91 Å². The summed E-state index contributed by atoms with van der Waals surface area (Å²) in [6.07, 6.45) is 5.34. The average Bonchev–Trinajstić information content (AvgIpc) is 3.00. The molecule has 0 bridgehead atoms. The highest BCUT2D eigenvalue weighted by atomic mass is 16.4. The van der Waals surface area contributed by atoms with Gasteiger partial charge in [0.2, 0.25) is 5.91 Å². The fraction of sp³-hybridized carbons (Fsp3) is 0.733. The topological polar surface area (TPSA) is 64.1 Å². The van der Waals surface area contributed by atoms with E-state index < -0.39 is 12.0 Å². The van der Waals surface area contributed by atoms with Crippen LogP contribution >= 0.6 is 0 Å². The molecule has 0 saturated carbocycles. The highest BCUT2D eigenvalue weighted by Crippen LogP contribution is 2.20. The summed E-state index contributed by atoms with van der Waals surface area (Å²) in [5, 5.41) is 9.02. The first-order chi connectivity index (χ1) is 9.99. The third kappa shape index (κ3) is 4.04. The van der Waals surface area contributed by atoms with Crippen molar-refractivity contribution >= 4 is 11.9 Å². The fourth-order valence-electron chi connectivity index (χ4n) is 2.88. The Morgan fingerprint density at radius 3 is 2.52 bits per heavy atom. The Balaban J connectivity index is 1.78. The van der Waals surface area contributed by atoms with Gasteiger partial charge in [-0.15, -0.1) is 0 Å². The number of carbonyl (C=O) groups excluding carboxylic acids is 1. The second kappa shape index (κ2) is 7.04. The van der Waals surface area contributed by atoms with Crippen LogP contribution in [0.3, 0.4) is 0 Å². The molecule has 1 heterocycles. The summed E-state index contributed by atoms with van der Waals surface area (Å²) < 4.78 is 0. The largest absolute Gasteiger partial charge is 0.480 e. The lowest BCUT2D eigenvalue weighted by molar-refractivity contribution is -0.143. The monoisotopic (exact) mass is 295 g/mol. The Morgan fingerprint density at radius 2 is 2.00 bits per heavy atom. The van der Waals surface area contributed by atoms with Gasteiger partial charge in [0, 0.05) is 38.9 Å². The number of likely N-dealkylation sites (N-methyl/N-ethyl adjacent to an activating group) is 1. The first kappa shape index (κ1) is 16.0. The van der Waals surface area contributed by atoms with Crippen LogP contribution in [0, 0.1) is 0 Å². The molecule has 0 radical (unpaired) electrons. The molecule has 6 nitrogen and oxygen atoms in total. The van der Waals surface area contributed by atoms with Crippen molar-refractivity contribution in [2.45, 2.75) is 32.2 Å². The maximum atomic E-state index is 12.3. The van der Waals surface area contributed by atoms with Crippen LogP contribution in [-0.4, -0.2) is 77.5 Å². The SMILES string of the molecule is CC(C(=O)O)N1CCN(CC(=O)N(C)C2=CCCC2)CC1. The van der Waals surface area contributed by atoms with Crippen molar-refractivity contribution in [3.05, 3.63) is 11.8 Å². The van der Waals surface area contributed by atoms with Crippen LogP contribution in [0.5, 0.6) is 0 Å². The fourth-order valence-corrected chi connectivity index (χ4v) is 2.88. The molecule has 1 aliphatic carbocycles. The molecule has 1 unspecified atom stereocenters. The van der Waals surface area contributed by atoms with Gasteiger partial charge in [0.1, 0.15) is 6.04 Å². The van der Waals surface area contributed by atoms with Gasteiger partial charge in [0.05, 0.1) is 6.54 Å². The Hall–Kier alpha value is -1.40. The van der Waals surface area contributed by atoms with E-state index in [1.54, 1.807) is 11.8 Å². The van der Waals surface area contributed by atoms with Gasteiger partial charge in [-0.05, 0) is 26.2 Å². The number of carbonyl (C=O) groups is 2. The van der Waals surface area contributed by atoms with Crippen molar-refractivity contribution in [3.8, 4) is 0 Å². The van der Waals surface area contributed by atoms with Crippen LogP contribution in [0.15, 0.2) is 11.8 Å². The highest BCUT2D eigenvalue weighted by molar-refractivity contribution is 5.79. The van der Waals surface area contributed by atoms with E-state index in [9.17, 15) is 9.59 Å². The van der Waals surface area contributed by atoms with Crippen LogP contribution in [0.1, 0.15) is 26.2 Å². The van der Waals surface area contributed by atoms with Gasteiger partial charge >= 0.3 is 5.97 Å². The highest BCUT2D eigenvalue weighted by Gasteiger charge is 2.27. The molecule has 6 heteroatoms. The molecule has 1 atom stereocenters. The molecule has 1 fully saturated rings. The molecule has 2 aliphatic rings. The average molecular weight is 295 g/mol. The number of piperazine rings is 1. The van der Waals surface area contributed by atoms with Gasteiger partial charge in [0.25, 0.3) is 0 Å². The van der Waals surface area contributed by atoms with Crippen LogP contribution in [0.25, 0.3) is 0 Å². The molecule has 21 heavy (non-hydrogen) atoms. The summed E-state index contributed by atoms with van der Waals surface area (Å²) in [6, 6.07) is -0.450. The van der Waals surface area contributed by atoms with Crippen molar-refractivity contribution in [1.82, 2.24) is 14.7 Å². The van der Waals surface area contributed by atoms with Gasteiger partial charge in [0.15, 0.2) is 0 Å². The summed E-state index contributed by atoms with van der Waals surface area (Å²) in [5.74, 6) is -0.657. The van der Waals surface area contributed by atoms with Crippen molar-refractivity contribution in [1.29, 1.82) is 0 Å². The summed E-state index contributed by atoms with van der Waals surface area (Å²) in [4.78, 5) is 29.1. The van der Waals surface area contributed by atoms with Crippen molar-refractivity contribution < 1.29 is 14.7 Å². The van der Waals surface area contributed by atoms with E-state index in [1.165, 1.54) is 0 Å². The van der Waals surface area contributed by atoms with Gasteiger partial charge in [-0.2, -0.15) is 0 Å². The predicted octanol–water partition coefficient (Wildman–Crippen LogP) is 0.603. The summed E-state index contributed by atoms with van der Waals surface area (Å²) in [5.41, 5.74) is 1.14. The normalized spacial score (nSPS) is 21.9. The zero-order valence-corrected chi connectivity index (χ0v) is 12.9. The quantitative estimate of drug-likeness (QED) is 0.805. The number of allylic oxidation sites excluding steroid dienone is 2. The maximum absolute atomic E-state index is 12.3. The molecule has 1 saturated heterocycles. The Kier molecular flexibility index (Phi) is 5.36. The minimum atomic E-state index is -0.785. The lowest BCUT2D eigenvalue weighted by atomic mass is 10.2. The van der Waals surface area contributed by atoms with E-state index >= 15 is 0 Å². The Bertz CT molecular complexity index is 428. The lowest BCUT2D eigenvalue weighted by Crippen LogP contribution is -2.53. The molecule has 0 spiro atoms. The Labute approximate surface area is 126 Å². The zero-order valence-electron chi connectivity index (χ0n) is 12.9. The van der Waals surface area contributed by atoms with Gasteiger partial charge in [-0.25, -0.2) is 0 Å². The number of carboxylic acid groups (broad SMARTS) is 1. The van der Waals surface area contributed by atoms with Crippen molar-refractivity contribution in [3.63, 3.8) is 0 Å². The van der Waals surface area contributed by atoms with Crippen LogP contribution in [-0.2, 0) is 9.59 Å². The van der Waals surface area contributed by atoms with E-state index in [4.69, 9.17) is 5.11 Å². The molecule has 0 aromatic heterocycles. The number of hydrogen-bond donors (Lipinski definition) is 1. The van der Waals surface area contributed by atoms with Crippen LogP contribution in [0.4, 0.5) is 0 Å². The van der Waals surface area contributed by atoms with E-state index in [0.717, 1.165) is 38.0 Å². The predicted molar refractivity (Wildman–Crippen MR) is 79.8 cm³/mol. The number of aliphatic carboxylic acids is 1. The molecule has 0 aromatic carbocycles. The minimum Gasteiger partial charge on any atom is -0.480 e. The smallest absolute Gasteiger partial charge is 0.320 e. The van der Waals surface area contributed by atoms with E-state index in [1.807, 2.05) is 11.9 Å². The second-order valence-electron chi connectivity index (χ2n) is 5.87. The van der Waals surface area contributed by atoms with Crippen LogP contribution < -0.4 is 0 Å². The molecule has 0 aromatic rings. The minimum absolute atomic E-state index is 0.128. The first-order valence-corrected chi connectivity index (χ1v) is 7.64. The van der Waals surface area contributed by atoms with Gasteiger partial charge < -0.3 is 10.0 Å². The number of amides is 1. The van der Waals surface area contributed by atoms with Crippen molar-refractivity contribution in [2.75, 3.05) is 39.8 Å². The Morgan fingerprint density at radius 1 is 1.33 bits per heavy atom. The maximum Gasteiger partial charge on any atom is 0.320 e. The number of nitrogens with zero attached hydrogens (tertiary/aromatic N) is 3. The zero-order chi connectivity index (χ0) is 15.4. The summed E-state index contributed by atoms with van der Waals surface area (Å²) in [7, 11) is 1.85. The molecule has 2 rings (SSSR count). The standard InChI is InChI=1S/C15H25N3O3/c1-12(15(20)21)18-9-7-17(8-10-18)11-14(19)16(2)13-5-3-4-6-13/h5,12H,3-4,6-11H2,1-2H3,(H,20,21). The van der Waals surface area contributed by atoms with E-state index in [0.29, 0.717) is 19.6 Å². The first-order valence-electron chi connectivity index (χ1n) is 7.64. The number of carboxylic acids is 1. The second-order valence-corrected chi connectivity index (χ2v) is 5.87. The summed E-state index contributed by atoms with van der Waals surface area (Å²) >= 11 is 0. The molecular weight excluding hydrogens is 270 g/mol. The molecular formula is C15H25N3O3. The lowest BCUT2D eigenvalue weighted by Gasteiger charge is -2.36. The van der Waals surface area contributed by atoms with Gasteiger partial charge in [-0.1, -0.05) is 6.08 Å². The molecule has 1 N–H and O–H groups in total. The van der Waals surface area contributed by atoms with E-state index in [2.05, 4.69) is 11.0 Å². The summed E-state index contributed by atoms with van der Waals surface area (Å²) in [6.45, 7) is 5.03.